The molecule has 0 aliphatic heterocycles. The number of rotatable bonds is 1. The summed E-state index contributed by atoms with van der Waals surface area (Å²) in [7, 11) is 0. The van der Waals surface area contributed by atoms with E-state index in [4.69, 9.17) is 10.3 Å². The minimum atomic E-state index is -0.239. The number of nitrogens with two attached hydrogens (primary N) is 1. The topological polar surface area (TPSA) is 69.1 Å². The van der Waals surface area contributed by atoms with E-state index < -0.39 is 0 Å². The Morgan fingerprint density at radius 3 is 3.33 bits per heavy atom. The van der Waals surface area contributed by atoms with E-state index in [-0.39, 0.29) is 11.8 Å². The van der Waals surface area contributed by atoms with Gasteiger partial charge in [-0.1, -0.05) is 5.16 Å². The van der Waals surface area contributed by atoms with Crippen molar-refractivity contribution in [2.45, 2.75) is 19.3 Å². The standard InChI is InChI=1S/C8H10N2O2/c9-8(11)5-1-2-6-4-10-12-7(6)3-5/h4-5H,1-3H2,(H2,9,11)/t5-/m1/s1. The zero-order chi connectivity index (χ0) is 8.55. The Morgan fingerprint density at radius 2 is 2.58 bits per heavy atom. The Balaban J connectivity index is 2.20. The lowest BCUT2D eigenvalue weighted by Crippen LogP contribution is -2.28. The predicted octanol–water partition coefficient (Wildman–Crippen LogP) is 0.265. The van der Waals surface area contributed by atoms with Crippen LogP contribution >= 0.6 is 0 Å². The van der Waals surface area contributed by atoms with Crippen molar-refractivity contribution in [2.24, 2.45) is 11.7 Å². The number of hydrogen-bond acceptors (Lipinski definition) is 3. The highest BCUT2D eigenvalue weighted by Crippen LogP contribution is 2.24. The number of primary amides is 1. The quantitative estimate of drug-likeness (QED) is 0.650. The summed E-state index contributed by atoms with van der Waals surface area (Å²) in [6.45, 7) is 0. The van der Waals surface area contributed by atoms with Crippen LogP contribution in [0.25, 0.3) is 0 Å². The van der Waals surface area contributed by atoms with Gasteiger partial charge in [-0.25, -0.2) is 0 Å². The molecule has 1 aliphatic rings. The Labute approximate surface area is 69.7 Å². The van der Waals surface area contributed by atoms with Gasteiger partial charge in [-0.05, 0) is 12.8 Å². The molecule has 0 aromatic carbocycles. The van der Waals surface area contributed by atoms with Crippen molar-refractivity contribution in [3.63, 3.8) is 0 Å². The van der Waals surface area contributed by atoms with E-state index in [1.54, 1.807) is 6.20 Å². The van der Waals surface area contributed by atoms with Crippen LogP contribution < -0.4 is 5.73 Å². The molecule has 0 saturated carbocycles. The summed E-state index contributed by atoms with van der Waals surface area (Å²) >= 11 is 0. The summed E-state index contributed by atoms with van der Waals surface area (Å²) < 4.78 is 4.98. The second-order valence-electron chi connectivity index (χ2n) is 3.12. The fourth-order valence-corrected chi connectivity index (χ4v) is 1.55. The molecule has 0 unspecified atom stereocenters. The average Bonchev–Trinajstić information content (AvgIpc) is 2.49. The van der Waals surface area contributed by atoms with E-state index in [1.165, 1.54) is 0 Å². The average molecular weight is 166 g/mol. The highest BCUT2D eigenvalue weighted by atomic mass is 16.5. The van der Waals surface area contributed by atoms with Crippen LogP contribution in [0.4, 0.5) is 0 Å². The van der Waals surface area contributed by atoms with Gasteiger partial charge in [-0.2, -0.15) is 0 Å². The highest BCUT2D eigenvalue weighted by Gasteiger charge is 2.25. The maximum atomic E-state index is 10.8. The lowest BCUT2D eigenvalue weighted by atomic mass is 9.88. The number of nitrogens with zero attached hydrogens (tertiary/aromatic N) is 1. The van der Waals surface area contributed by atoms with Gasteiger partial charge in [0.2, 0.25) is 5.91 Å². The van der Waals surface area contributed by atoms with E-state index >= 15 is 0 Å². The second-order valence-corrected chi connectivity index (χ2v) is 3.12. The monoisotopic (exact) mass is 166 g/mol. The van der Waals surface area contributed by atoms with Crippen molar-refractivity contribution < 1.29 is 9.32 Å². The third-order valence-corrected chi connectivity index (χ3v) is 2.33. The fourth-order valence-electron chi connectivity index (χ4n) is 1.55. The van der Waals surface area contributed by atoms with Gasteiger partial charge < -0.3 is 10.3 Å². The van der Waals surface area contributed by atoms with Crippen molar-refractivity contribution in [3.8, 4) is 0 Å². The third kappa shape index (κ3) is 1.09. The molecule has 4 heteroatoms. The van der Waals surface area contributed by atoms with Crippen LogP contribution in [-0.2, 0) is 17.6 Å². The Bertz CT molecular complexity index is 306. The Morgan fingerprint density at radius 1 is 1.75 bits per heavy atom. The number of carbonyl (C=O) groups excluding carboxylic acids is 1. The van der Waals surface area contributed by atoms with Gasteiger partial charge in [0, 0.05) is 17.9 Å². The summed E-state index contributed by atoms with van der Waals surface area (Å²) in [5.41, 5.74) is 6.31. The van der Waals surface area contributed by atoms with Gasteiger partial charge in [0.05, 0.1) is 6.20 Å². The summed E-state index contributed by atoms with van der Waals surface area (Å²) in [5.74, 6) is 0.521. The molecular formula is C8H10N2O2. The van der Waals surface area contributed by atoms with Crippen LogP contribution in [-0.4, -0.2) is 11.1 Å². The minimum Gasteiger partial charge on any atom is -0.369 e. The second kappa shape index (κ2) is 2.62. The third-order valence-electron chi connectivity index (χ3n) is 2.33. The normalized spacial score (nSPS) is 21.8. The number of carbonyl (C=O) groups is 1. The summed E-state index contributed by atoms with van der Waals surface area (Å²) in [6.07, 6.45) is 4.01. The molecule has 0 radical (unpaired) electrons. The van der Waals surface area contributed by atoms with Crippen LogP contribution in [0.2, 0.25) is 0 Å². The zero-order valence-corrected chi connectivity index (χ0v) is 6.62. The van der Waals surface area contributed by atoms with Crippen molar-refractivity contribution in [3.05, 3.63) is 17.5 Å². The van der Waals surface area contributed by atoms with Crippen molar-refractivity contribution in [2.75, 3.05) is 0 Å². The first-order chi connectivity index (χ1) is 5.77. The summed E-state index contributed by atoms with van der Waals surface area (Å²) in [6, 6.07) is 0. The lowest BCUT2D eigenvalue weighted by Gasteiger charge is -2.16. The van der Waals surface area contributed by atoms with Gasteiger partial charge in [0.15, 0.2) is 0 Å². The van der Waals surface area contributed by atoms with E-state index in [9.17, 15) is 4.79 Å². The molecule has 1 aliphatic carbocycles. The first-order valence-corrected chi connectivity index (χ1v) is 3.99. The largest absolute Gasteiger partial charge is 0.369 e. The molecule has 4 nitrogen and oxygen atoms in total. The smallest absolute Gasteiger partial charge is 0.220 e. The molecule has 1 amide bonds. The molecule has 0 saturated heterocycles. The molecular weight excluding hydrogens is 156 g/mol. The van der Waals surface area contributed by atoms with Crippen LogP contribution in [0, 0.1) is 5.92 Å². The summed E-state index contributed by atoms with van der Waals surface area (Å²) in [4.78, 5) is 10.8. The van der Waals surface area contributed by atoms with E-state index in [2.05, 4.69) is 5.16 Å². The van der Waals surface area contributed by atoms with Gasteiger partial charge in [0.25, 0.3) is 0 Å². The molecule has 2 rings (SSSR count). The molecule has 1 atom stereocenters. The zero-order valence-electron chi connectivity index (χ0n) is 6.62. The molecule has 1 aromatic heterocycles. The first kappa shape index (κ1) is 7.34. The molecule has 12 heavy (non-hydrogen) atoms. The van der Waals surface area contributed by atoms with Crippen molar-refractivity contribution in [1.82, 2.24) is 5.16 Å². The number of hydrogen-bond donors (Lipinski definition) is 1. The van der Waals surface area contributed by atoms with Gasteiger partial charge >= 0.3 is 0 Å². The number of aromatic nitrogens is 1. The maximum Gasteiger partial charge on any atom is 0.220 e. The molecule has 0 fully saturated rings. The highest BCUT2D eigenvalue weighted by molar-refractivity contribution is 5.77. The van der Waals surface area contributed by atoms with Crippen LogP contribution in [0.3, 0.4) is 0 Å². The summed E-state index contributed by atoms with van der Waals surface area (Å²) in [5, 5.41) is 3.67. The Kier molecular flexibility index (Phi) is 1.60. The van der Waals surface area contributed by atoms with Crippen molar-refractivity contribution in [1.29, 1.82) is 0 Å². The predicted molar refractivity (Wildman–Crippen MR) is 41.2 cm³/mol. The maximum absolute atomic E-state index is 10.8. The lowest BCUT2D eigenvalue weighted by molar-refractivity contribution is -0.122. The minimum absolute atomic E-state index is 0.0644. The van der Waals surface area contributed by atoms with E-state index in [0.717, 1.165) is 24.2 Å². The van der Waals surface area contributed by atoms with Crippen LogP contribution in [0.1, 0.15) is 17.7 Å². The molecule has 1 aromatic rings. The Hall–Kier alpha value is -1.32. The molecule has 0 bridgehead atoms. The van der Waals surface area contributed by atoms with Gasteiger partial charge in [0.1, 0.15) is 5.76 Å². The number of aryl methyl sites for hydroxylation is 1. The fraction of sp³-hybridized carbons (Fsp3) is 0.500. The van der Waals surface area contributed by atoms with Gasteiger partial charge in [-0.15, -0.1) is 0 Å². The van der Waals surface area contributed by atoms with Crippen molar-refractivity contribution >= 4 is 5.91 Å². The van der Waals surface area contributed by atoms with Gasteiger partial charge in [-0.3, -0.25) is 4.79 Å². The molecule has 2 N–H and O–H groups in total. The van der Waals surface area contributed by atoms with E-state index in [1.807, 2.05) is 0 Å². The number of fused-ring (bicyclic) bond motifs is 1. The molecule has 64 valence electrons. The van der Waals surface area contributed by atoms with Crippen LogP contribution in [0.15, 0.2) is 10.7 Å². The number of amides is 1. The molecule has 0 spiro atoms. The van der Waals surface area contributed by atoms with E-state index in [0.29, 0.717) is 6.42 Å². The SMILES string of the molecule is NC(=O)[C@@H]1CCc2cnoc2C1. The first-order valence-electron chi connectivity index (χ1n) is 3.99. The van der Waals surface area contributed by atoms with Crippen LogP contribution in [0.5, 0.6) is 0 Å². The molecule has 1 heterocycles.